The molecule has 2 amide bonds. The van der Waals surface area contributed by atoms with Crippen LogP contribution in [0.1, 0.15) is 30.0 Å². The summed E-state index contributed by atoms with van der Waals surface area (Å²) in [5, 5.41) is 9.45. The molecule has 2 aromatic carbocycles. The summed E-state index contributed by atoms with van der Waals surface area (Å²) < 4.78 is 5.83. The third-order valence-electron chi connectivity index (χ3n) is 5.82. The minimum absolute atomic E-state index is 0.108. The first-order valence-electron chi connectivity index (χ1n) is 12.2. The van der Waals surface area contributed by atoms with Gasteiger partial charge in [0.25, 0.3) is 0 Å². The number of benzene rings is 2. The van der Waals surface area contributed by atoms with E-state index in [1.165, 1.54) is 33.1 Å². The zero-order valence-electron chi connectivity index (χ0n) is 21.5. The topological polar surface area (TPSA) is 83.0 Å². The molecule has 0 saturated carbocycles. The normalized spacial score (nSPS) is 11.6. The maximum absolute atomic E-state index is 11.6. The van der Waals surface area contributed by atoms with E-state index in [0.29, 0.717) is 5.75 Å². The Kier molecular flexibility index (Phi) is 10.0. The molecule has 0 aliphatic heterocycles. The summed E-state index contributed by atoms with van der Waals surface area (Å²) in [5.74, 6) is 0.458. The quantitative estimate of drug-likeness (QED) is 0.280. The molecule has 0 spiro atoms. The number of allylic oxidation sites excluding steroid dienone is 1. The van der Waals surface area contributed by atoms with Gasteiger partial charge in [-0.2, -0.15) is 0 Å². The van der Waals surface area contributed by atoms with Gasteiger partial charge in [-0.05, 0) is 58.5 Å². The number of pyridine rings is 1. The molecule has 192 valence electrons. The van der Waals surface area contributed by atoms with Gasteiger partial charge in [0.2, 0.25) is 5.91 Å². The summed E-state index contributed by atoms with van der Waals surface area (Å²) in [7, 11) is 3.28. The number of carbonyl (C=O) groups excluding carboxylic acids is 1. The van der Waals surface area contributed by atoms with Crippen LogP contribution < -0.4 is 4.74 Å². The monoisotopic (exact) mass is 499 g/mol. The molecule has 0 aliphatic carbocycles. The van der Waals surface area contributed by atoms with Crippen LogP contribution in [0.2, 0.25) is 0 Å². The number of amides is 2. The first kappa shape index (κ1) is 27.2. The first-order chi connectivity index (χ1) is 17.9. The molecule has 1 N–H and O–H groups in total. The highest BCUT2D eigenvalue weighted by atomic mass is 16.5. The Morgan fingerprint density at radius 1 is 0.919 bits per heavy atom. The van der Waals surface area contributed by atoms with Gasteiger partial charge in [-0.3, -0.25) is 9.78 Å². The zero-order valence-corrected chi connectivity index (χ0v) is 21.5. The van der Waals surface area contributed by atoms with Gasteiger partial charge < -0.3 is 19.6 Å². The minimum Gasteiger partial charge on any atom is -0.492 e. The third-order valence-corrected chi connectivity index (χ3v) is 5.82. The lowest BCUT2D eigenvalue weighted by molar-refractivity contribution is -0.123. The summed E-state index contributed by atoms with van der Waals surface area (Å²) in [6, 6.07) is 22.2. The van der Waals surface area contributed by atoms with Gasteiger partial charge in [-0.25, -0.2) is 4.79 Å². The van der Waals surface area contributed by atoms with E-state index in [4.69, 9.17) is 4.74 Å². The van der Waals surface area contributed by atoms with Crippen LogP contribution in [0.15, 0.2) is 91.3 Å². The third kappa shape index (κ3) is 7.80. The van der Waals surface area contributed by atoms with Gasteiger partial charge in [0.05, 0.1) is 6.54 Å². The van der Waals surface area contributed by atoms with E-state index in [1.54, 1.807) is 26.5 Å². The Labute approximate surface area is 218 Å². The lowest BCUT2D eigenvalue weighted by Crippen LogP contribution is -2.33. The second-order valence-corrected chi connectivity index (χ2v) is 8.55. The van der Waals surface area contributed by atoms with E-state index >= 15 is 0 Å². The number of ether oxygens (including phenoxy) is 1. The molecule has 1 aromatic heterocycles. The lowest BCUT2D eigenvalue weighted by atomic mass is 9.88. The maximum atomic E-state index is 11.6. The molecule has 37 heavy (non-hydrogen) atoms. The number of carbonyl (C=O) groups is 2. The fraction of sp³-hybridized carbons (Fsp3) is 0.233. The van der Waals surface area contributed by atoms with Gasteiger partial charge in [-0.15, -0.1) is 0 Å². The number of carboxylic acid groups (broad SMARTS) is 1. The van der Waals surface area contributed by atoms with Crippen LogP contribution in [0, 0.1) is 0 Å². The highest BCUT2D eigenvalue weighted by Gasteiger charge is 2.14. The molecule has 0 radical (unpaired) electrons. The van der Waals surface area contributed by atoms with Crippen LogP contribution in [0.5, 0.6) is 5.75 Å². The summed E-state index contributed by atoms with van der Waals surface area (Å²) in [5.41, 5.74) is 5.69. The van der Waals surface area contributed by atoms with Gasteiger partial charge in [0.15, 0.2) is 0 Å². The van der Waals surface area contributed by atoms with Crippen molar-refractivity contribution < 1.29 is 19.4 Å². The second kappa shape index (κ2) is 13.6. The summed E-state index contributed by atoms with van der Waals surface area (Å²) in [4.78, 5) is 30.0. The number of hydrogen-bond acceptors (Lipinski definition) is 4. The van der Waals surface area contributed by atoms with Crippen molar-refractivity contribution in [3.8, 4) is 5.75 Å². The van der Waals surface area contributed by atoms with Crippen molar-refractivity contribution >= 4 is 23.1 Å². The van der Waals surface area contributed by atoms with Crippen molar-refractivity contribution in [1.82, 2.24) is 14.8 Å². The van der Waals surface area contributed by atoms with E-state index in [9.17, 15) is 14.7 Å². The molecular weight excluding hydrogens is 466 g/mol. The van der Waals surface area contributed by atoms with E-state index in [-0.39, 0.29) is 25.6 Å². The fourth-order valence-corrected chi connectivity index (χ4v) is 3.88. The summed E-state index contributed by atoms with van der Waals surface area (Å²) in [6.07, 6.45) is 6.29. The minimum atomic E-state index is -1.07. The Bertz CT molecular complexity index is 1220. The van der Waals surface area contributed by atoms with Gasteiger partial charge in [-0.1, -0.05) is 55.5 Å². The average Bonchev–Trinajstić information content (AvgIpc) is 2.92. The molecule has 7 heteroatoms. The van der Waals surface area contributed by atoms with Crippen LogP contribution in [0.3, 0.4) is 0 Å². The van der Waals surface area contributed by atoms with Crippen molar-refractivity contribution in [2.75, 3.05) is 33.8 Å². The fourth-order valence-electron chi connectivity index (χ4n) is 3.88. The lowest BCUT2D eigenvalue weighted by Gasteiger charge is -2.18. The molecule has 7 nitrogen and oxygen atoms in total. The van der Waals surface area contributed by atoms with E-state index in [0.717, 1.165) is 23.1 Å². The number of nitrogens with zero attached hydrogens (tertiary/aromatic N) is 3. The highest BCUT2D eigenvalue weighted by molar-refractivity contribution is 5.98. The summed E-state index contributed by atoms with van der Waals surface area (Å²) in [6.45, 7) is 2.63. The first-order valence-corrected chi connectivity index (χ1v) is 12.2. The predicted molar refractivity (Wildman–Crippen MR) is 146 cm³/mol. The van der Waals surface area contributed by atoms with Crippen molar-refractivity contribution in [1.29, 1.82) is 0 Å². The molecule has 0 fully saturated rings. The van der Waals surface area contributed by atoms with Crippen molar-refractivity contribution in [2.24, 2.45) is 0 Å². The molecule has 0 saturated heterocycles. The molecule has 3 aromatic rings. The number of aromatic nitrogens is 1. The summed E-state index contributed by atoms with van der Waals surface area (Å²) >= 11 is 0. The van der Waals surface area contributed by atoms with Crippen molar-refractivity contribution in [3.63, 3.8) is 0 Å². The molecule has 0 bridgehead atoms. The SMILES string of the molecule is CCC(=C(c1ccncc1)c1ccc(OCCN(C/C=C/C(=O)N(C)C)C(=O)O)cc1)c1ccccc1. The van der Waals surface area contributed by atoms with Gasteiger partial charge in [0.1, 0.15) is 12.4 Å². The van der Waals surface area contributed by atoms with Gasteiger partial charge in [0, 0.05) is 39.1 Å². The van der Waals surface area contributed by atoms with Crippen molar-refractivity contribution in [2.45, 2.75) is 13.3 Å². The Morgan fingerprint density at radius 2 is 1.57 bits per heavy atom. The van der Waals surface area contributed by atoms with Crippen LogP contribution in [-0.4, -0.2) is 65.7 Å². The Morgan fingerprint density at radius 3 is 2.16 bits per heavy atom. The average molecular weight is 500 g/mol. The van der Waals surface area contributed by atoms with Crippen LogP contribution in [-0.2, 0) is 4.79 Å². The standard InChI is InChI=1S/C30H33N3O4/c1-4-27(23-9-6-5-7-10-23)29(25-16-18-31-19-17-25)24-12-14-26(15-13-24)37-22-21-33(30(35)36)20-8-11-28(34)32(2)3/h5-19H,4,20-22H2,1-3H3,(H,35,36)/b11-8+,29-27?. The van der Waals surface area contributed by atoms with Gasteiger partial charge >= 0.3 is 6.09 Å². The number of rotatable bonds is 11. The second-order valence-electron chi connectivity index (χ2n) is 8.55. The largest absolute Gasteiger partial charge is 0.492 e. The van der Waals surface area contributed by atoms with E-state index in [1.807, 2.05) is 54.6 Å². The van der Waals surface area contributed by atoms with Crippen LogP contribution >= 0.6 is 0 Å². The van der Waals surface area contributed by atoms with E-state index < -0.39 is 6.09 Å². The molecule has 0 aliphatic rings. The zero-order chi connectivity index (χ0) is 26.6. The number of likely N-dealkylation sites (N-methyl/N-ethyl adjacent to an activating group) is 1. The molecular formula is C30H33N3O4. The number of hydrogen-bond donors (Lipinski definition) is 1. The van der Waals surface area contributed by atoms with Crippen LogP contribution in [0.25, 0.3) is 11.1 Å². The van der Waals surface area contributed by atoms with Crippen LogP contribution in [0.4, 0.5) is 4.79 Å². The smallest absolute Gasteiger partial charge is 0.407 e. The molecule has 0 unspecified atom stereocenters. The van der Waals surface area contributed by atoms with E-state index in [2.05, 4.69) is 24.0 Å². The highest BCUT2D eigenvalue weighted by Crippen LogP contribution is 2.34. The van der Waals surface area contributed by atoms with Crippen molar-refractivity contribution in [3.05, 3.63) is 108 Å². The predicted octanol–water partition coefficient (Wildman–Crippen LogP) is 5.45. The Balaban J connectivity index is 1.74. The molecule has 1 heterocycles. The Hall–Kier alpha value is -4.39. The molecule has 3 rings (SSSR count). The molecule has 0 atom stereocenters. The maximum Gasteiger partial charge on any atom is 0.407 e.